The standard InChI is InChI=1S/C66H42N2O/c1-2-16-46-42-66-60(39-45(46)15-1)59-41-48(33-38-65(59)69-66)53-20-8-11-25-61(53)67(50-36-31-44(32-37-50)58-40-47-17-3-4-18-51(47)54-21-5-6-22-55(54)58)49-34-29-43(30-35-49)52-19-7-12-26-62(52)68-63-27-13-9-23-56(63)57-24-10-14-28-64(57)68/h1-42H. The molecule has 14 aromatic rings. The molecule has 0 saturated heterocycles. The van der Waals surface area contributed by atoms with Crippen LogP contribution in [0.2, 0.25) is 0 Å². The Labute approximate surface area is 399 Å². The van der Waals surface area contributed by atoms with E-state index in [1.807, 2.05) is 0 Å². The number of furan rings is 1. The number of benzene rings is 12. The second-order valence-corrected chi connectivity index (χ2v) is 18.0. The van der Waals surface area contributed by atoms with Crippen LogP contribution in [-0.2, 0) is 0 Å². The topological polar surface area (TPSA) is 21.3 Å². The summed E-state index contributed by atoms with van der Waals surface area (Å²) in [6.07, 6.45) is 0. The van der Waals surface area contributed by atoms with Crippen molar-refractivity contribution in [1.29, 1.82) is 0 Å². The summed E-state index contributed by atoms with van der Waals surface area (Å²) >= 11 is 0. The highest BCUT2D eigenvalue weighted by molar-refractivity contribution is 6.15. The predicted octanol–water partition coefficient (Wildman–Crippen LogP) is 18.6. The molecule has 14 rings (SSSR count). The lowest BCUT2D eigenvalue weighted by Crippen LogP contribution is -2.11. The van der Waals surface area contributed by atoms with Crippen molar-refractivity contribution < 1.29 is 4.42 Å². The van der Waals surface area contributed by atoms with Gasteiger partial charge in [0, 0.05) is 44.0 Å². The Morgan fingerprint density at radius 2 is 0.797 bits per heavy atom. The van der Waals surface area contributed by atoms with Crippen molar-refractivity contribution in [1.82, 2.24) is 4.57 Å². The number of rotatable bonds is 7. The minimum atomic E-state index is 0.881. The Kier molecular flexibility index (Phi) is 8.90. The maximum atomic E-state index is 6.48. The van der Waals surface area contributed by atoms with Crippen LogP contribution in [0.3, 0.4) is 0 Å². The highest BCUT2D eigenvalue weighted by Crippen LogP contribution is 2.45. The molecule has 0 aliphatic rings. The number of hydrogen-bond acceptors (Lipinski definition) is 2. The molecular weight excluding hydrogens is 837 g/mol. The highest BCUT2D eigenvalue weighted by atomic mass is 16.3. The van der Waals surface area contributed by atoms with Gasteiger partial charge in [0.1, 0.15) is 11.2 Å². The van der Waals surface area contributed by atoms with Gasteiger partial charge in [-0.15, -0.1) is 0 Å². The molecule has 0 radical (unpaired) electrons. The predicted molar refractivity (Wildman–Crippen MR) is 292 cm³/mol. The summed E-state index contributed by atoms with van der Waals surface area (Å²) in [6, 6.07) is 92.6. The molecule has 0 fully saturated rings. The number of anilines is 3. The second kappa shape index (κ2) is 15.7. The molecule has 0 N–H and O–H groups in total. The Hall–Kier alpha value is -9.18. The average Bonchev–Trinajstić information content (AvgIpc) is 3.95. The molecule has 0 spiro atoms. The van der Waals surface area contributed by atoms with E-state index in [0.29, 0.717) is 0 Å². The van der Waals surface area contributed by atoms with Crippen molar-refractivity contribution in [3.8, 4) is 39.1 Å². The van der Waals surface area contributed by atoms with Crippen LogP contribution in [0.4, 0.5) is 17.1 Å². The van der Waals surface area contributed by atoms with Crippen molar-refractivity contribution >= 4 is 93.1 Å². The van der Waals surface area contributed by atoms with Gasteiger partial charge in [0.25, 0.3) is 0 Å². The van der Waals surface area contributed by atoms with Crippen molar-refractivity contribution in [2.24, 2.45) is 0 Å². The molecule has 2 heterocycles. The van der Waals surface area contributed by atoms with Gasteiger partial charge in [-0.25, -0.2) is 0 Å². The molecule has 12 aromatic carbocycles. The largest absolute Gasteiger partial charge is 0.456 e. The Morgan fingerprint density at radius 1 is 0.290 bits per heavy atom. The Morgan fingerprint density at radius 3 is 1.51 bits per heavy atom. The molecule has 0 amide bonds. The fraction of sp³-hybridized carbons (Fsp3) is 0. The first-order valence-electron chi connectivity index (χ1n) is 23.7. The summed E-state index contributed by atoms with van der Waals surface area (Å²) in [5.74, 6) is 0. The molecule has 0 saturated carbocycles. The van der Waals surface area contributed by atoms with E-state index in [1.54, 1.807) is 0 Å². The highest BCUT2D eigenvalue weighted by Gasteiger charge is 2.21. The smallest absolute Gasteiger partial charge is 0.136 e. The molecule has 2 aromatic heterocycles. The Bertz CT molecular complexity index is 4260. The molecule has 322 valence electrons. The van der Waals surface area contributed by atoms with Gasteiger partial charge in [0.15, 0.2) is 0 Å². The van der Waals surface area contributed by atoms with Crippen LogP contribution in [0.1, 0.15) is 0 Å². The fourth-order valence-electron chi connectivity index (χ4n) is 10.9. The lowest BCUT2D eigenvalue weighted by atomic mass is 9.93. The van der Waals surface area contributed by atoms with Crippen molar-refractivity contribution in [3.63, 3.8) is 0 Å². The molecule has 3 heteroatoms. The molecule has 0 bridgehead atoms. The number of hydrogen-bond donors (Lipinski definition) is 0. The average molecular weight is 879 g/mol. The minimum absolute atomic E-state index is 0.881. The minimum Gasteiger partial charge on any atom is -0.456 e. The zero-order chi connectivity index (χ0) is 45.4. The maximum absolute atomic E-state index is 6.48. The maximum Gasteiger partial charge on any atom is 0.136 e. The first kappa shape index (κ1) is 39.0. The third-order valence-corrected chi connectivity index (χ3v) is 14.2. The first-order valence-corrected chi connectivity index (χ1v) is 23.7. The third-order valence-electron chi connectivity index (χ3n) is 14.2. The summed E-state index contributed by atoms with van der Waals surface area (Å²) in [4.78, 5) is 2.41. The van der Waals surface area contributed by atoms with Crippen LogP contribution in [-0.4, -0.2) is 4.57 Å². The van der Waals surface area contributed by atoms with Gasteiger partial charge in [0.2, 0.25) is 0 Å². The number of nitrogens with zero attached hydrogens (tertiary/aromatic N) is 2. The number of para-hydroxylation sites is 4. The Balaban J connectivity index is 0.924. The van der Waals surface area contributed by atoms with E-state index in [4.69, 9.17) is 4.42 Å². The molecule has 0 atom stereocenters. The van der Waals surface area contributed by atoms with Crippen LogP contribution in [0, 0.1) is 0 Å². The van der Waals surface area contributed by atoms with E-state index in [0.717, 1.165) is 61.4 Å². The quantitative estimate of drug-likeness (QED) is 0.149. The van der Waals surface area contributed by atoms with Gasteiger partial charge in [-0.05, 0) is 133 Å². The van der Waals surface area contributed by atoms with Crippen LogP contribution in [0.5, 0.6) is 0 Å². The van der Waals surface area contributed by atoms with Crippen LogP contribution in [0.15, 0.2) is 259 Å². The van der Waals surface area contributed by atoms with E-state index in [9.17, 15) is 0 Å². The van der Waals surface area contributed by atoms with Crippen LogP contribution in [0.25, 0.3) is 115 Å². The van der Waals surface area contributed by atoms with Crippen molar-refractivity contribution in [3.05, 3.63) is 255 Å². The summed E-state index contributed by atoms with van der Waals surface area (Å²) in [5.41, 5.74) is 15.5. The van der Waals surface area contributed by atoms with Gasteiger partial charge < -0.3 is 13.9 Å². The van der Waals surface area contributed by atoms with Crippen molar-refractivity contribution in [2.45, 2.75) is 0 Å². The van der Waals surface area contributed by atoms with Crippen LogP contribution >= 0.6 is 0 Å². The SMILES string of the molecule is c1ccc(N(c2ccc(-c3ccccc3-n3c4ccccc4c4ccccc43)cc2)c2ccc(-c3cc4ccccc4c4ccccc34)cc2)c(-c2ccc3oc4cc5ccccc5cc4c3c2)c1. The van der Waals surface area contributed by atoms with E-state index in [-0.39, 0.29) is 0 Å². The molecular formula is C66H42N2O. The summed E-state index contributed by atoms with van der Waals surface area (Å²) in [5, 5.41) is 12.1. The van der Waals surface area contributed by atoms with Crippen LogP contribution < -0.4 is 4.90 Å². The van der Waals surface area contributed by atoms with E-state index in [1.165, 1.54) is 70.8 Å². The molecule has 0 aliphatic carbocycles. The van der Waals surface area contributed by atoms with Gasteiger partial charge >= 0.3 is 0 Å². The number of fused-ring (bicyclic) bond motifs is 10. The fourth-order valence-corrected chi connectivity index (χ4v) is 10.9. The summed E-state index contributed by atoms with van der Waals surface area (Å²) in [6.45, 7) is 0. The van der Waals surface area contributed by atoms with Gasteiger partial charge in [-0.3, -0.25) is 0 Å². The summed E-state index contributed by atoms with van der Waals surface area (Å²) < 4.78 is 8.89. The normalized spacial score (nSPS) is 11.8. The van der Waals surface area contributed by atoms with Gasteiger partial charge in [-0.1, -0.05) is 176 Å². The molecule has 0 unspecified atom stereocenters. The lowest BCUT2D eigenvalue weighted by Gasteiger charge is -2.28. The van der Waals surface area contributed by atoms with Gasteiger partial charge in [0.05, 0.1) is 22.4 Å². The van der Waals surface area contributed by atoms with E-state index >= 15 is 0 Å². The zero-order valence-corrected chi connectivity index (χ0v) is 37.6. The molecule has 0 aliphatic heterocycles. The molecule has 69 heavy (non-hydrogen) atoms. The summed E-state index contributed by atoms with van der Waals surface area (Å²) in [7, 11) is 0. The van der Waals surface area contributed by atoms with Gasteiger partial charge in [-0.2, -0.15) is 0 Å². The second-order valence-electron chi connectivity index (χ2n) is 18.0. The number of aromatic nitrogens is 1. The monoisotopic (exact) mass is 878 g/mol. The zero-order valence-electron chi connectivity index (χ0n) is 37.6. The lowest BCUT2D eigenvalue weighted by molar-refractivity contribution is 0.669. The van der Waals surface area contributed by atoms with Crippen molar-refractivity contribution in [2.75, 3.05) is 4.90 Å². The molecule has 3 nitrogen and oxygen atoms in total. The third kappa shape index (κ3) is 6.36. The van der Waals surface area contributed by atoms with E-state index in [2.05, 4.69) is 264 Å². The van der Waals surface area contributed by atoms with E-state index < -0.39 is 0 Å². The first-order chi connectivity index (χ1) is 34.2.